The number of methoxy groups -OCH3 is 1. The lowest BCUT2D eigenvalue weighted by atomic mass is 10.1. The molecule has 0 fully saturated rings. The fourth-order valence-corrected chi connectivity index (χ4v) is 2.41. The smallest absolute Gasteiger partial charge is 0.251 e. The van der Waals surface area contributed by atoms with Crippen LogP contribution in [0.4, 0.5) is 4.39 Å². The first-order valence-corrected chi connectivity index (χ1v) is 8.83. The van der Waals surface area contributed by atoms with Gasteiger partial charge < -0.3 is 14.8 Å². The largest absolute Gasteiger partial charge is 0.493 e. The average molecular weight is 359 g/mol. The average Bonchev–Trinajstić information content (AvgIpc) is 2.63. The number of ether oxygens (including phenoxy) is 2. The molecule has 0 bridgehead atoms. The van der Waals surface area contributed by atoms with Gasteiger partial charge in [-0.15, -0.1) is 0 Å². The molecular weight excluding hydrogens is 333 g/mol. The third kappa shape index (κ3) is 6.06. The predicted molar refractivity (Wildman–Crippen MR) is 100 cm³/mol. The van der Waals surface area contributed by atoms with Gasteiger partial charge in [0.15, 0.2) is 11.5 Å². The molecule has 0 aliphatic rings. The Labute approximate surface area is 154 Å². The first-order chi connectivity index (χ1) is 12.5. The van der Waals surface area contributed by atoms with E-state index in [1.165, 1.54) is 12.1 Å². The van der Waals surface area contributed by atoms with Crippen molar-refractivity contribution in [2.75, 3.05) is 20.3 Å². The van der Waals surface area contributed by atoms with Crippen molar-refractivity contribution in [1.82, 2.24) is 5.32 Å². The van der Waals surface area contributed by atoms with E-state index in [0.717, 1.165) is 12.0 Å². The number of carbonyl (C=O) groups excluding carboxylic acids is 1. The van der Waals surface area contributed by atoms with Crippen LogP contribution in [0.15, 0.2) is 42.5 Å². The van der Waals surface area contributed by atoms with Crippen LogP contribution in [0, 0.1) is 11.7 Å². The van der Waals surface area contributed by atoms with Crippen molar-refractivity contribution in [2.24, 2.45) is 5.92 Å². The van der Waals surface area contributed by atoms with Gasteiger partial charge in [0.25, 0.3) is 5.91 Å². The number of rotatable bonds is 9. The van der Waals surface area contributed by atoms with E-state index in [9.17, 15) is 9.18 Å². The Morgan fingerprint density at radius 3 is 2.50 bits per heavy atom. The van der Waals surface area contributed by atoms with Crippen LogP contribution in [0.25, 0.3) is 0 Å². The fourth-order valence-electron chi connectivity index (χ4n) is 2.41. The summed E-state index contributed by atoms with van der Waals surface area (Å²) in [7, 11) is 1.56. The van der Waals surface area contributed by atoms with Crippen LogP contribution >= 0.6 is 0 Å². The summed E-state index contributed by atoms with van der Waals surface area (Å²) < 4.78 is 24.0. The molecule has 4 nitrogen and oxygen atoms in total. The monoisotopic (exact) mass is 359 g/mol. The van der Waals surface area contributed by atoms with Gasteiger partial charge in [0.1, 0.15) is 5.82 Å². The van der Waals surface area contributed by atoms with Crippen molar-refractivity contribution in [3.05, 3.63) is 59.4 Å². The molecule has 2 aromatic carbocycles. The molecule has 0 heterocycles. The number of hydrogen-bond donors (Lipinski definition) is 1. The third-order valence-electron chi connectivity index (χ3n) is 3.99. The van der Waals surface area contributed by atoms with Crippen LogP contribution in [-0.2, 0) is 6.42 Å². The molecule has 26 heavy (non-hydrogen) atoms. The van der Waals surface area contributed by atoms with E-state index in [1.807, 2.05) is 0 Å². The van der Waals surface area contributed by atoms with Crippen LogP contribution in [0.5, 0.6) is 11.5 Å². The summed E-state index contributed by atoms with van der Waals surface area (Å²) in [6.07, 6.45) is 1.59. The van der Waals surface area contributed by atoms with Crippen LogP contribution in [0.3, 0.4) is 0 Å². The van der Waals surface area contributed by atoms with Crippen molar-refractivity contribution in [2.45, 2.75) is 26.7 Å². The van der Waals surface area contributed by atoms with E-state index in [0.29, 0.717) is 42.6 Å². The van der Waals surface area contributed by atoms with Gasteiger partial charge in [-0.3, -0.25) is 4.79 Å². The van der Waals surface area contributed by atoms with E-state index >= 15 is 0 Å². The summed E-state index contributed by atoms with van der Waals surface area (Å²) >= 11 is 0. The second-order valence-electron chi connectivity index (χ2n) is 6.53. The molecule has 0 aromatic heterocycles. The molecule has 2 rings (SSSR count). The highest BCUT2D eigenvalue weighted by atomic mass is 19.1. The Kier molecular flexibility index (Phi) is 7.45. The lowest BCUT2D eigenvalue weighted by Gasteiger charge is -2.13. The normalized spacial score (nSPS) is 10.7. The minimum absolute atomic E-state index is 0.181. The van der Waals surface area contributed by atoms with Crippen molar-refractivity contribution in [3.8, 4) is 11.5 Å². The van der Waals surface area contributed by atoms with Crippen LogP contribution in [-0.4, -0.2) is 26.2 Å². The molecule has 0 aliphatic heterocycles. The van der Waals surface area contributed by atoms with Gasteiger partial charge in [-0.2, -0.15) is 0 Å². The zero-order valence-electron chi connectivity index (χ0n) is 15.5. The minimum atomic E-state index is -0.263. The summed E-state index contributed by atoms with van der Waals surface area (Å²) in [5, 5.41) is 2.86. The predicted octanol–water partition coefficient (Wildman–Crippen LogP) is 4.23. The lowest BCUT2D eigenvalue weighted by molar-refractivity contribution is 0.0953. The van der Waals surface area contributed by atoms with E-state index in [2.05, 4.69) is 19.2 Å². The second kappa shape index (κ2) is 9.80. The van der Waals surface area contributed by atoms with Crippen LogP contribution < -0.4 is 14.8 Å². The highest BCUT2D eigenvalue weighted by Crippen LogP contribution is 2.28. The molecule has 0 spiro atoms. The van der Waals surface area contributed by atoms with Gasteiger partial charge in [0.2, 0.25) is 0 Å². The Bertz CT molecular complexity index is 714. The first-order valence-electron chi connectivity index (χ1n) is 8.83. The van der Waals surface area contributed by atoms with Crippen LogP contribution in [0.1, 0.15) is 36.2 Å². The second-order valence-corrected chi connectivity index (χ2v) is 6.53. The van der Waals surface area contributed by atoms with Gasteiger partial charge in [0, 0.05) is 12.1 Å². The molecule has 0 radical (unpaired) electrons. The highest BCUT2D eigenvalue weighted by Gasteiger charge is 2.11. The maximum atomic E-state index is 12.9. The zero-order chi connectivity index (χ0) is 18.9. The fraction of sp³-hybridized carbons (Fsp3) is 0.381. The molecule has 0 atom stereocenters. The van der Waals surface area contributed by atoms with Crippen molar-refractivity contribution >= 4 is 5.91 Å². The minimum Gasteiger partial charge on any atom is -0.493 e. The highest BCUT2D eigenvalue weighted by molar-refractivity contribution is 5.94. The van der Waals surface area contributed by atoms with E-state index in [1.54, 1.807) is 37.4 Å². The summed E-state index contributed by atoms with van der Waals surface area (Å²) in [4.78, 5) is 12.3. The Morgan fingerprint density at radius 1 is 1.12 bits per heavy atom. The van der Waals surface area contributed by atoms with Gasteiger partial charge >= 0.3 is 0 Å². The van der Waals surface area contributed by atoms with Gasteiger partial charge in [-0.25, -0.2) is 4.39 Å². The van der Waals surface area contributed by atoms with E-state index in [-0.39, 0.29) is 11.7 Å². The standard InChI is InChI=1S/C21H26FNO3/c1-15(2)11-13-26-19-9-6-17(14-20(19)25-3)21(24)23-12-10-16-4-7-18(22)8-5-16/h4-9,14-15H,10-13H2,1-3H3,(H,23,24). The number of amides is 1. The maximum absolute atomic E-state index is 12.9. The number of hydrogen-bond acceptors (Lipinski definition) is 3. The van der Waals surface area contributed by atoms with Crippen molar-refractivity contribution < 1.29 is 18.7 Å². The van der Waals surface area contributed by atoms with Crippen molar-refractivity contribution in [3.63, 3.8) is 0 Å². The number of halogens is 1. The first kappa shape index (κ1) is 19.8. The SMILES string of the molecule is COc1cc(C(=O)NCCc2ccc(F)cc2)ccc1OCCC(C)C. The number of benzene rings is 2. The summed E-state index contributed by atoms with van der Waals surface area (Å²) in [5.74, 6) is 1.29. The van der Waals surface area contributed by atoms with Crippen LogP contribution in [0.2, 0.25) is 0 Å². The molecule has 5 heteroatoms. The Hall–Kier alpha value is -2.56. The zero-order valence-corrected chi connectivity index (χ0v) is 15.5. The number of carbonyl (C=O) groups is 1. The molecule has 0 aliphatic carbocycles. The maximum Gasteiger partial charge on any atom is 0.251 e. The molecule has 140 valence electrons. The summed E-state index contributed by atoms with van der Waals surface area (Å²) in [6, 6.07) is 11.4. The topological polar surface area (TPSA) is 47.6 Å². The molecule has 2 aromatic rings. The van der Waals surface area contributed by atoms with E-state index < -0.39 is 0 Å². The Morgan fingerprint density at radius 2 is 1.85 bits per heavy atom. The molecular formula is C21H26FNO3. The summed E-state index contributed by atoms with van der Waals surface area (Å²) in [6.45, 7) is 5.36. The van der Waals surface area contributed by atoms with Gasteiger partial charge in [-0.1, -0.05) is 26.0 Å². The molecule has 0 saturated heterocycles. The van der Waals surface area contributed by atoms with Gasteiger partial charge in [-0.05, 0) is 54.7 Å². The number of nitrogens with one attached hydrogen (secondary N) is 1. The van der Waals surface area contributed by atoms with Gasteiger partial charge in [0.05, 0.1) is 13.7 Å². The molecule has 1 N–H and O–H groups in total. The Balaban J connectivity index is 1.90. The molecule has 0 saturated carbocycles. The third-order valence-corrected chi connectivity index (χ3v) is 3.99. The molecule has 1 amide bonds. The quantitative estimate of drug-likeness (QED) is 0.729. The molecule has 0 unspecified atom stereocenters. The van der Waals surface area contributed by atoms with E-state index in [4.69, 9.17) is 9.47 Å². The summed E-state index contributed by atoms with van der Waals surface area (Å²) in [5.41, 5.74) is 1.48. The van der Waals surface area contributed by atoms with Crippen molar-refractivity contribution in [1.29, 1.82) is 0 Å². The lowest BCUT2D eigenvalue weighted by Crippen LogP contribution is -2.25.